The summed E-state index contributed by atoms with van der Waals surface area (Å²) in [5, 5.41) is 13.9. The van der Waals surface area contributed by atoms with E-state index in [4.69, 9.17) is 4.74 Å². The Hall–Kier alpha value is -3.22. The molecule has 0 saturated heterocycles. The zero-order valence-electron chi connectivity index (χ0n) is 13.9. The quantitative estimate of drug-likeness (QED) is 0.796. The van der Waals surface area contributed by atoms with Crippen LogP contribution < -0.4 is 10.1 Å². The van der Waals surface area contributed by atoms with Gasteiger partial charge in [0.25, 0.3) is 5.91 Å². The Bertz CT molecular complexity index is 906. The second-order valence-corrected chi connectivity index (χ2v) is 6.09. The molecule has 126 valence electrons. The second-order valence-electron chi connectivity index (χ2n) is 6.09. The fraction of sp³-hybridized carbons (Fsp3) is 0.222. The molecule has 1 aliphatic heterocycles. The maximum atomic E-state index is 12.7. The molecular weight excluding hydrogens is 318 g/mol. The molecule has 0 saturated carbocycles. The number of ether oxygens (including phenoxy) is 1. The predicted octanol–water partition coefficient (Wildman–Crippen LogP) is 2.80. The van der Waals surface area contributed by atoms with E-state index < -0.39 is 0 Å². The molecule has 0 bridgehead atoms. The number of amides is 1. The zero-order valence-corrected chi connectivity index (χ0v) is 13.9. The van der Waals surface area contributed by atoms with E-state index >= 15 is 0 Å². The van der Waals surface area contributed by atoms with Gasteiger partial charge in [0.2, 0.25) is 0 Å². The first-order valence-electron chi connectivity index (χ1n) is 8.08. The summed E-state index contributed by atoms with van der Waals surface area (Å²) in [4.78, 5) is 12.7. The molecule has 25 heavy (non-hydrogen) atoms. The number of nitrogens with zero attached hydrogens (tertiary/aromatic N) is 4. The number of benzene rings is 2. The van der Waals surface area contributed by atoms with E-state index in [1.165, 1.54) is 6.33 Å². The van der Waals surface area contributed by atoms with Gasteiger partial charge in [-0.3, -0.25) is 4.79 Å². The van der Waals surface area contributed by atoms with Crippen molar-refractivity contribution in [1.29, 1.82) is 0 Å². The number of hydrogen-bond acceptors (Lipinski definition) is 5. The summed E-state index contributed by atoms with van der Waals surface area (Å²) in [5.74, 6) is 0.775. The summed E-state index contributed by atoms with van der Waals surface area (Å²) in [5.41, 5.74) is 3.14. The van der Waals surface area contributed by atoms with Crippen LogP contribution in [-0.2, 0) is 0 Å². The summed E-state index contributed by atoms with van der Waals surface area (Å²) in [6.07, 6.45) is 1.58. The first-order chi connectivity index (χ1) is 12.1. The van der Waals surface area contributed by atoms with Crippen molar-refractivity contribution in [2.75, 3.05) is 5.32 Å². The molecule has 3 aromatic rings. The van der Waals surface area contributed by atoms with Crippen LogP contribution in [0.25, 0.3) is 5.69 Å². The van der Waals surface area contributed by atoms with Crippen LogP contribution in [0.4, 0.5) is 5.69 Å². The van der Waals surface area contributed by atoms with Crippen LogP contribution in [0.5, 0.6) is 5.75 Å². The summed E-state index contributed by atoms with van der Waals surface area (Å²) >= 11 is 0. The van der Waals surface area contributed by atoms with Crippen molar-refractivity contribution >= 4 is 11.6 Å². The summed E-state index contributed by atoms with van der Waals surface area (Å²) in [7, 11) is 0. The molecule has 4 rings (SSSR count). The van der Waals surface area contributed by atoms with Crippen molar-refractivity contribution in [3.63, 3.8) is 0 Å². The third kappa shape index (κ3) is 2.73. The van der Waals surface area contributed by atoms with Crippen LogP contribution >= 0.6 is 0 Å². The van der Waals surface area contributed by atoms with Gasteiger partial charge in [0.05, 0.1) is 11.3 Å². The number of para-hydroxylation sites is 1. The highest BCUT2D eigenvalue weighted by Gasteiger charge is 2.31. The van der Waals surface area contributed by atoms with Crippen LogP contribution in [0.3, 0.4) is 0 Å². The topological polar surface area (TPSA) is 81.9 Å². The van der Waals surface area contributed by atoms with Crippen LogP contribution in [-0.4, -0.2) is 32.2 Å². The average molecular weight is 335 g/mol. The predicted molar refractivity (Wildman–Crippen MR) is 92.1 cm³/mol. The van der Waals surface area contributed by atoms with Crippen LogP contribution in [0, 0.1) is 0 Å². The van der Waals surface area contributed by atoms with Crippen LogP contribution in [0.2, 0.25) is 0 Å². The third-order valence-corrected chi connectivity index (χ3v) is 4.53. The number of rotatable bonds is 3. The molecule has 2 aromatic carbocycles. The minimum absolute atomic E-state index is 0.0690. The normalized spacial score (nSPS) is 18.5. The number of hydrogen-bond donors (Lipinski definition) is 1. The Morgan fingerprint density at radius 1 is 1.16 bits per heavy atom. The minimum Gasteiger partial charge on any atom is -0.489 e. The van der Waals surface area contributed by atoms with E-state index in [0.717, 1.165) is 11.3 Å². The lowest BCUT2D eigenvalue weighted by atomic mass is 9.97. The highest BCUT2D eigenvalue weighted by molar-refractivity contribution is 6.06. The number of fused-ring (bicyclic) bond motifs is 1. The monoisotopic (exact) mass is 335 g/mol. The van der Waals surface area contributed by atoms with Gasteiger partial charge in [-0.05, 0) is 47.7 Å². The van der Waals surface area contributed by atoms with Crippen molar-refractivity contribution < 1.29 is 9.53 Å². The molecule has 1 aromatic heterocycles. The molecule has 2 atom stereocenters. The van der Waals surface area contributed by atoms with E-state index in [1.54, 1.807) is 10.7 Å². The summed E-state index contributed by atoms with van der Waals surface area (Å²) in [6, 6.07) is 13.0. The Labute approximate surface area is 144 Å². The van der Waals surface area contributed by atoms with Gasteiger partial charge in [-0.1, -0.05) is 19.1 Å². The van der Waals surface area contributed by atoms with E-state index in [-0.39, 0.29) is 17.9 Å². The lowest BCUT2D eigenvalue weighted by molar-refractivity contribution is 0.102. The number of nitrogens with one attached hydrogen (secondary N) is 1. The first-order valence-corrected chi connectivity index (χ1v) is 8.08. The Morgan fingerprint density at radius 2 is 1.96 bits per heavy atom. The molecule has 0 aliphatic carbocycles. The average Bonchev–Trinajstić information content (AvgIpc) is 3.25. The fourth-order valence-electron chi connectivity index (χ4n) is 2.94. The number of carbonyl (C=O) groups is 1. The molecule has 7 heteroatoms. The molecular formula is C18H17N5O2. The van der Waals surface area contributed by atoms with Crippen LogP contribution in [0.1, 0.15) is 35.7 Å². The fourth-order valence-corrected chi connectivity index (χ4v) is 2.94. The smallest absolute Gasteiger partial charge is 0.259 e. The summed E-state index contributed by atoms with van der Waals surface area (Å²) < 4.78 is 7.44. The van der Waals surface area contributed by atoms with Gasteiger partial charge in [0, 0.05) is 17.2 Å². The maximum absolute atomic E-state index is 12.7. The zero-order chi connectivity index (χ0) is 17.4. The van der Waals surface area contributed by atoms with E-state index in [0.29, 0.717) is 17.0 Å². The lowest BCUT2D eigenvalue weighted by Gasteiger charge is -2.10. The van der Waals surface area contributed by atoms with Gasteiger partial charge in [-0.25, -0.2) is 4.68 Å². The summed E-state index contributed by atoms with van der Waals surface area (Å²) in [6.45, 7) is 4.12. The molecule has 2 heterocycles. The van der Waals surface area contributed by atoms with Gasteiger partial charge >= 0.3 is 0 Å². The molecule has 7 nitrogen and oxygen atoms in total. The Kier molecular flexibility index (Phi) is 3.68. The van der Waals surface area contributed by atoms with Gasteiger partial charge < -0.3 is 10.1 Å². The molecule has 0 radical (unpaired) electrons. The van der Waals surface area contributed by atoms with Crippen molar-refractivity contribution in [3.8, 4) is 11.4 Å². The number of carbonyl (C=O) groups excluding carboxylic acids is 1. The maximum Gasteiger partial charge on any atom is 0.259 e. The molecule has 1 N–H and O–H groups in total. The first kappa shape index (κ1) is 15.3. The van der Waals surface area contributed by atoms with Gasteiger partial charge in [0.1, 0.15) is 18.2 Å². The van der Waals surface area contributed by atoms with Gasteiger partial charge in [-0.15, -0.1) is 5.10 Å². The Balaban J connectivity index is 1.55. The molecule has 1 aliphatic rings. The van der Waals surface area contributed by atoms with Gasteiger partial charge in [0.15, 0.2) is 0 Å². The Morgan fingerprint density at radius 3 is 2.68 bits per heavy atom. The van der Waals surface area contributed by atoms with Crippen molar-refractivity contribution in [2.24, 2.45) is 0 Å². The van der Waals surface area contributed by atoms with Crippen molar-refractivity contribution in [2.45, 2.75) is 25.9 Å². The molecule has 0 spiro atoms. The van der Waals surface area contributed by atoms with Crippen molar-refractivity contribution in [1.82, 2.24) is 20.2 Å². The highest BCUT2D eigenvalue weighted by atomic mass is 16.5. The SMILES string of the molecule is CC1Oc2c(C(=O)Nc3ccc(-n4cnnn4)cc3)cccc2C1C. The highest BCUT2D eigenvalue weighted by Crippen LogP contribution is 2.40. The van der Waals surface area contributed by atoms with Gasteiger partial charge in [-0.2, -0.15) is 0 Å². The van der Waals surface area contributed by atoms with E-state index in [9.17, 15) is 4.79 Å². The van der Waals surface area contributed by atoms with Crippen LogP contribution in [0.15, 0.2) is 48.8 Å². The number of aromatic nitrogens is 4. The molecule has 1 amide bonds. The lowest BCUT2D eigenvalue weighted by Crippen LogP contribution is -2.14. The third-order valence-electron chi connectivity index (χ3n) is 4.53. The second kappa shape index (κ2) is 6.01. The van der Waals surface area contributed by atoms with E-state index in [1.807, 2.05) is 43.3 Å². The molecule has 0 fully saturated rings. The number of tetrazole rings is 1. The van der Waals surface area contributed by atoms with Crippen molar-refractivity contribution in [3.05, 3.63) is 59.9 Å². The van der Waals surface area contributed by atoms with E-state index in [2.05, 4.69) is 27.8 Å². The largest absolute Gasteiger partial charge is 0.489 e. The number of anilines is 1. The minimum atomic E-state index is -0.187. The molecule has 2 unspecified atom stereocenters. The standard InChI is InChI=1S/C18H17N5O2/c1-11-12(2)25-17-15(11)4-3-5-16(17)18(24)20-13-6-8-14(9-7-13)23-10-19-21-22-23/h3-12H,1-2H3,(H,20,24).